The van der Waals surface area contributed by atoms with Crippen LogP contribution in [0.3, 0.4) is 0 Å². The molecule has 1 saturated heterocycles. The Morgan fingerprint density at radius 3 is 2.42 bits per heavy atom. The molecule has 1 aromatic carbocycles. The van der Waals surface area contributed by atoms with Crippen LogP contribution in [0.15, 0.2) is 41.8 Å². The molecule has 1 aliphatic heterocycles. The Kier molecular flexibility index (Phi) is 5.09. The highest BCUT2D eigenvalue weighted by molar-refractivity contribution is 7.10. The maximum atomic E-state index is 13.0. The number of nitrogens with zero attached hydrogens (tertiary/aromatic N) is 1. The van der Waals surface area contributed by atoms with Gasteiger partial charge in [-0.15, -0.1) is 11.3 Å². The molecule has 5 heteroatoms. The van der Waals surface area contributed by atoms with E-state index in [4.69, 9.17) is 0 Å². The van der Waals surface area contributed by atoms with Crippen LogP contribution in [0.25, 0.3) is 0 Å². The normalized spacial score (nSPS) is 16.8. The number of hydrogen-bond donors (Lipinski definition) is 0. The van der Waals surface area contributed by atoms with Gasteiger partial charge in [0.05, 0.1) is 5.92 Å². The number of carbonyl (C=O) groups excluding carboxylic acids is 2. The first-order valence-corrected chi connectivity index (χ1v) is 9.06. The van der Waals surface area contributed by atoms with Crippen molar-refractivity contribution in [3.63, 3.8) is 0 Å². The van der Waals surface area contributed by atoms with Crippen LogP contribution < -0.4 is 0 Å². The standard InChI is InChI=1S/C19H20FNO2S/c1-13(17-3-2-12-24-17)19(23)21-10-8-15(9-11-21)18(22)14-4-6-16(20)7-5-14/h2-7,12-13,15H,8-11H2,1H3/t13-/m1/s1. The molecule has 0 bridgehead atoms. The van der Waals surface area contributed by atoms with Gasteiger partial charge >= 0.3 is 0 Å². The number of Topliss-reactive ketones (excluding diaryl/α,β-unsaturated/α-hetero) is 1. The van der Waals surface area contributed by atoms with Crippen molar-refractivity contribution in [1.82, 2.24) is 4.90 Å². The maximum Gasteiger partial charge on any atom is 0.230 e. The molecule has 0 aliphatic carbocycles. The predicted molar refractivity (Wildman–Crippen MR) is 92.8 cm³/mol. The van der Waals surface area contributed by atoms with Gasteiger partial charge in [0.25, 0.3) is 0 Å². The molecular formula is C19H20FNO2S. The van der Waals surface area contributed by atoms with Gasteiger partial charge in [-0.2, -0.15) is 0 Å². The lowest BCUT2D eigenvalue weighted by Gasteiger charge is -2.33. The molecule has 1 aliphatic rings. The first kappa shape index (κ1) is 16.8. The fraction of sp³-hybridized carbons (Fsp3) is 0.368. The first-order valence-electron chi connectivity index (χ1n) is 8.18. The zero-order valence-corrected chi connectivity index (χ0v) is 14.4. The highest BCUT2D eigenvalue weighted by Gasteiger charge is 2.30. The molecule has 3 nitrogen and oxygen atoms in total. The van der Waals surface area contributed by atoms with E-state index < -0.39 is 0 Å². The number of carbonyl (C=O) groups is 2. The number of likely N-dealkylation sites (tertiary alicyclic amines) is 1. The zero-order chi connectivity index (χ0) is 17.1. The molecule has 24 heavy (non-hydrogen) atoms. The molecule has 0 saturated carbocycles. The third-order valence-corrected chi connectivity index (χ3v) is 5.70. The number of ketones is 1. The van der Waals surface area contributed by atoms with Crippen molar-refractivity contribution in [2.45, 2.75) is 25.7 Å². The molecule has 0 spiro atoms. The van der Waals surface area contributed by atoms with Gasteiger partial charge in [-0.1, -0.05) is 6.07 Å². The van der Waals surface area contributed by atoms with Crippen LogP contribution in [-0.4, -0.2) is 29.7 Å². The van der Waals surface area contributed by atoms with Gasteiger partial charge in [0.15, 0.2) is 5.78 Å². The van der Waals surface area contributed by atoms with E-state index in [1.807, 2.05) is 29.3 Å². The summed E-state index contributed by atoms with van der Waals surface area (Å²) in [6.07, 6.45) is 1.33. The quantitative estimate of drug-likeness (QED) is 0.782. The largest absolute Gasteiger partial charge is 0.342 e. The molecular weight excluding hydrogens is 325 g/mol. The highest BCUT2D eigenvalue weighted by Crippen LogP contribution is 2.27. The van der Waals surface area contributed by atoms with Crippen LogP contribution in [-0.2, 0) is 4.79 Å². The smallest absolute Gasteiger partial charge is 0.230 e. The average Bonchev–Trinajstić information content (AvgIpc) is 3.15. The van der Waals surface area contributed by atoms with E-state index in [9.17, 15) is 14.0 Å². The minimum Gasteiger partial charge on any atom is -0.342 e. The topological polar surface area (TPSA) is 37.4 Å². The summed E-state index contributed by atoms with van der Waals surface area (Å²) in [6, 6.07) is 9.64. The van der Waals surface area contributed by atoms with Gasteiger partial charge in [-0.25, -0.2) is 4.39 Å². The number of rotatable bonds is 4. The second kappa shape index (κ2) is 7.26. The molecule has 2 heterocycles. The summed E-state index contributed by atoms with van der Waals surface area (Å²) in [5, 5.41) is 1.98. The minimum atomic E-state index is -0.338. The van der Waals surface area contributed by atoms with Crippen molar-refractivity contribution in [2.24, 2.45) is 5.92 Å². The highest BCUT2D eigenvalue weighted by atomic mass is 32.1. The van der Waals surface area contributed by atoms with E-state index in [1.54, 1.807) is 11.3 Å². The van der Waals surface area contributed by atoms with Crippen molar-refractivity contribution in [3.8, 4) is 0 Å². The van der Waals surface area contributed by atoms with Gasteiger partial charge in [0.1, 0.15) is 5.82 Å². The number of thiophene rings is 1. The molecule has 126 valence electrons. The third-order valence-electron chi connectivity index (χ3n) is 4.65. The second-order valence-corrected chi connectivity index (χ2v) is 7.19. The Labute approximate surface area is 145 Å². The van der Waals surface area contributed by atoms with E-state index in [0.717, 1.165) is 4.88 Å². The maximum absolute atomic E-state index is 13.0. The molecule has 0 radical (unpaired) electrons. The van der Waals surface area contributed by atoms with Crippen LogP contribution in [0.5, 0.6) is 0 Å². The lowest BCUT2D eigenvalue weighted by molar-refractivity contribution is -0.133. The fourth-order valence-electron chi connectivity index (χ4n) is 3.15. The van der Waals surface area contributed by atoms with Crippen molar-refractivity contribution < 1.29 is 14.0 Å². The van der Waals surface area contributed by atoms with E-state index in [0.29, 0.717) is 31.5 Å². The summed E-state index contributed by atoms with van der Waals surface area (Å²) < 4.78 is 13.0. The van der Waals surface area contributed by atoms with Crippen LogP contribution >= 0.6 is 11.3 Å². The van der Waals surface area contributed by atoms with Crippen molar-refractivity contribution >= 4 is 23.0 Å². The van der Waals surface area contributed by atoms with Crippen LogP contribution in [0.4, 0.5) is 4.39 Å². The number of piperidine rings is 1. The lowest BCUT2D eigenvalue weighted by atomic mass is 9.88. The monoisotopic (exact) mass is 345 g/mol. The van der Waals surface area contributed by atoms with Crippen molar-refractivity contribution in [2.75, 3.05) is 13.1 Å². The van der Waals surface area contributed by atoms with Gasteiger partial charge in [0.2, 0.25) is 5.91 Å². The summed E-state index contributed by atoms with van der Waals surface area (Å²) in [7, 11) is 0. The van der Waals surface area contributed by atoms with E-state index in [2.05, 4.69) is 0 Å². The second-order valence-electron chi connectivity index (χ2n) is 6.21. The first-order chi connectivity index (χ1) is 11.6. The predicted octanol–water partition coefficient (Wildman–Crippen LogP) is 4.11. The lowest BCUT2D eigenvalue weighted by Crippen LogP contribution is -2.42. The Morgan fingerprint density at radius 2 is 1.83 bits per heavy atom. The number of halogens is 1. The van der Waals surface area contributed by atoms with Crippen molar-refractivity contribution in [3.05, 3.63) is 58.0 Å². The van der Waals surface area contributed by atoms with E-state index in [1.165, 1.54) is 24.3 Å². The molecule has 1 fully saturated rings. The number of hydrogen-bond acceptors (Lipinski definition) is 3. The Bertz CT molecular complexity index is 703. The summed E-state index contributed by atoms with van der Waals surface area (Å²) >= 11 is 1.59. The molecule has 2 aromatic rings. The fourth-order valence-corrected chi connectivity index (χ4v) is 3.92. The van der Waals surface area contributed by atoms with Gasteiger partial charge in [0, 0.05) is 29.4 Å². The van der Waals surface area contributed by atoms with Crippen LogP contribution in [0, 0.1) is 11.7 Å². The van der Waals surface area contributed by atoms with Gasteiger partial charge in [-0.3, -0.25) is 9.59 Å². The van der Waals surface area contributed by atoms with E-state index >= 15 is 0 Å². The molecule has 1 amide bonds. The summed E-state index contributed by atoms with van der Waals surface area (Å²) in [5.41, 5.74) is 0.549. The molecule has 0 unspecified atom stereocenters. The van der Waals surface area contributed by atoms with Gasteiger partial charge in [-0.05, 0) is 55.5 Å². The molecule has 3 rings (SSSR count). The van der Waals surface area contributed by atoms with Gasteiger partial charge < -0.3 is 4.90 Å². The zero-order valence-electron chi connectivity index (χ0n) is 13.6. The number of amides is 1. The van der Waals surface area contributed by atoms with E-state index in [-0.39, 0.29) is 29.3 Å². The summed E-state index contributed by atoms with van der Waals surface area (Å²) in [5.74, 6) is -0.376. The molecule has 1 atom stereocenters. The Balaban J connectivity index is 1.58. The number of benzene rings is 1. The molecule has 0 N–H and O–H groups in total. The minimum absolute atomic E-state index is 0.0494. The van der Waals surface area contributed by atoms with Crippen molar-refractivity contribution in [1.29, 1.82) is 0 Å². The Hall–Kier alpha value is -2.01. The Morgan fingerprint density at radius 1 is 1.17 bits per heavy atom. The van der Waals surface area contributed by atoms with Crippen LogP contribution in [0.1, 0.15) is 40.9 Å². The summed E-state index contributed by atoms with van der Waals surface area (Å²) in [4.78, 5) is 28.0. The third kappa shape index (κ3) is 3.56. The molecule has 1 aromatic heterocycles. The summed E-state index contributed by atoms with van der Waals surface area (Å²) in [6.45, 7) is 3.14. The SMILES string of the molecule is C[C@@H](C(=O)N1CCC(C(=O)c2ccc(F)cc2)CC1)c1cccs1. The van der Waals surface area contributed by atoms with Crippen LogP contribution in [0.2, 0.25) is 0 Å². The average molecular weight is 345 g/mol.